The molecule has 0 fully saturated rings. The third kappa shape index (κ3) is 5.38. The van der Waals surface area contributed by atoms with Gasteiger partial charge in [0.2, 0.25) is 0 Å². The second-order valence-corrected chi connectivity index (χ2v) is 18.7. The van der Waals surface area contributed by atoms with Crippen LogP contribution in [0.5, 0.6) is 0 Å². The fraction of sp³-hybridized carbons (Fsp3) is 0.146. The van der Waals surface area contributed by atoms with Gasteiger partial charge in [-0.3, -0.25) is 4.57 Å². The van der Waals surface area contributed by atoms with E-state index in [4.69, 9.17) is 4.98 Å². The Morgan fingerprint density at radius 3 is 1.87 bits per heavy atom. The molecule has 2 aromatic heterocycles. The number of aromatic nitrogens is 2. The predicted octanol–water partition coefficient (Wildman–Crippen LogP) is 9.00. The van der Waals surface area contributed by atoms with Crippen LogP contribution in [0.3, 0.4) is 0 Å². The molecule has 0 atom stereocenters. The SMILES string of the molecule is CC(C)c1ccnc(-n2c3ccccc3c3ccc([Si](c4ccccc4)(c4ccccc4)c4cccc(N5CN(C(C)C)c6ccccc65)c4)cc32)c1. The Kier molecular flexibility index (Phi) is 8.24. The van der Waals surface area contributed by atoms with E-state index < -0.39 is 8.07 Å². The highest BCUT2D eigenvalue weighted by molar-refractivity contribution is 7.20. The number of nitrogens with zero attached hydrogens (tertiary/aromatic N) is 4. The highest BCUT2D eigenvalue weighted by Gasteiger charge is 2.42. The normalized spacial score (nSPS) is 13.1. The van der Waals surface area contributed by atoms with E-state index in [2.05, 4.69) is 206 Å². The summed E-state index contributed by atoms with van der Waals surface area (Å²) in [5, 5.41) is 7.89. The van der Waals surface area contributed by atoms with Crippen molar-refractivity contribution in [2.75, 3.05) is 16.5 Å². The van der Waals surface area contributed by atoms with Crippen molar-refractivity contribution in [3.8, 4) is 5.82 Å². The highest BCUT2D eigenvalue weighted by Crippen LogP contribution is 2.41. The molecule has 8 aromatic rings. The maximum Gasteiger partial charge on any atom is 0.179 e. The van der Waals surface area contributed by atoms with Crippen molar-refractivity contribution in [2.24, 2.45) is 0 Å². The van der Waals surface area contributed by atoms with Gasteiger partial charge in [0.1, 0.15) is 5.82 Å². The topological polar surface area (TPSA) is 24.3 Å². The van der Waals surface area contributed by atoms with Gasteiger partial charge in [0.15, 0.2) is 8.07 Å². The first-order valence-corrected chi connectivity index (χ1v) is 20.8. The van der Waals surface area contributed by atoms with Gasteiger partial charge in [0.05, 0.1) is 29.1 Å². The number of para-hydroxylation sites is 3. The van der Waals surface area contributed by atoms with Gasteiger partial charge in [-0.1, -0.05) is 129 Å². The minimum absolute atomic E-state index is 0.389. The average molecular weight is 705 g/mol. The maximum absolute atomic E-state index is 4.99. The molecule has 0 spiro atoms. The van der Waals surface area contributed by atoms with Crippen molar-refractivity contribution < 1.29 is 0 Å². The summed E-state index contributed by atoms with van der Waals surface area (Å²) in [6.45, 7) is 9.88. The molecule has 0 N–H and O–H groups in total. The number of hydrogen-bond donors (Lipinski definition) is 0. The van der Waals surface area contributed by atoms with Gasteiger partial charge in [-0.05, 0) is 94.6 Å². The number of hydrogen-bond acceptors (Lipinski definition) is 3. The molecule has 9 rings (SSSR count). The smallest absolute Gasteiger partial charge is 0.179 e. The van der Waals surface area contributed by atoms with Crippen LogP contribution in [-0.2, 0) is 0 Å². The number of pyridine rings is 1. The van der Waals surface area contributed by atoms with Gasteiger partial charge in [-0.25, -0.2) is 4.98 Å². The summed E-state index contributed by atoms with van der Waals surface area (Å²) in [4.78, 5) is 9.97. The Bertz CT molecular complexity index is 2530. The molecule has 1 aliphatic rings. The average Bonchev–Trinajstić information content (AvgIpc) is 3.76. The standard InChI is InChI=1S/C48H44N4Si/c1-34(2)36-28-29-49-48(30-36)52-44-23-12-11-22-42(44)43-27-26-41(32-47(43)52)53(38-17-7-5-8-18-38,39-19-9-6-10-20-39)40-21-15-16-37(31-40)51-33-50(35(3)4)45-24-13-14-25-46(45)51/h5-32,34-35H,33H2,1-4H3. The molecule has 0 amide bonds. The lowest BCUT2D eigenvalue weighted by Gasteiger charge is -2.35. The lowest BCUT2D eigenvalue weighted by Crippen LogP contribution is -2.74. The molecule has 0 aliphatic carbocycles. The zero-order valence-corrected chi connectivity index (χ0v) is 31.8. The van der Waals surface area contributed by atoms with Crippen molar-refractivity contribution in [3.05, 3.63) is 176 Å². The highest BCUT2D eigenvalue weighted by atomic mass is 28.3. The van der Waals surface area contributed by atoms with Crippen LogP contribution in [0.2, 0.25) is 0 Å². The predicted molar refractivity (Wildman–Crippen MR) is 227 cm³/mol. The molecule has 1 aliphatic heterocycles. The Balaban J connectivity index is 1.33. The molecule has 3 heterocycles. The second kappa shape index (κ2) is 13.3. The molecule has 260 valence electrons. The van der Waals surface area contributed by atoms with Gasteiger partial charge >= 0.3 is 0 Å². The maximum atomic E-state index is 4.99. The molecular formula is C48H44N4Si. The van der Waals surface area contributed by atoms with Crippen LogP contribution in [0.25, 0.3) is 27.6 Å². The van der Waals surface area contributed by atoms with E-state index in [0.29, 0.717) is 12.0 Å². The van der Waals surface area contributed by atoms with E-state index in [1.807, 2.05) is 6.20 Å². The van der Waals surface area contributed by atoms with Crippen molar-refractivity contribution in [1.82, 2.24) is 9.55 Å². The number of anilines is 3. The summed E-state index contributed by atoms with van der Waals surface area (Å²) in [5.41, 5.74) is 7.39. The number of fused-ring (bicyclic) bond motifs is 4. The van der Waals surface area contributed by atoms with Gasteiger partial charge in [-0.15, -0.1) is 0 Å². The van der Waals surface area contributed by atoms with Gasteiger partial charge < -0.3 is 9.80 Å². The molecule has 0 unspecified atom stereocenters. The van der Waals surface area contributed by atoms with E-state index in [1.54, 1.807) is 0 Å². The first kappa shape index (κ1) is 33.0. The minimum Gasteiger partial charge on any atom is -0.349 e. The van der Waals surface area contributed by atoms with Crippen molar-refractivity contribution in [3.63, 3.8) is 0 Å². The third-order valence-corrected chi connectivity index (χ3v) is 15.9. The summed E-state index contributed by atoms with van der Waals surface area (Å²) in [6, 6.07) is 61.6. The number of rotatable bonds is 8. The molecule has 6 aromatic carbocycles. The van der Waals surface area contributed by atoms with Crippen molar-refractivity contribution in [1.29, 1.82) is 0 Å². The Labute approximate surface area is 313 Å². The van der Waals surface area contributed by atoms with E-state index in [9.17, 15) is 0 Å². The van der Waals surface area contributed by atoms with E-state index in [0.717, 1.165) is 12.5 Å². The summed E-state index contributed by atoms with van der Waals surface area (Å²) < 4.78 is 2.38. The molecule has 0 saturated carbocycles. The van der Waals surface area contributed by atoms with Gasteiger partial charge in [0.25, 0.3) is 0 Å². The third-order valence-electron chi connectivity index (χ3n) is 11.2. The molecular weight excluding hydrogens is 661 g/mol. The molecule has 0 saturated heterocycles. The minimum atomic E-state index is -2.91. The first-order chi connectivity index (χ1) is 25.9. The summed E-state index contributed by atoms with van der Waals surface area (Å²) >= 11 is 0. The molecule has 4 nitrogen and oxygen atoms in total. The fourth-order valence-corrected chi connectivity index (χ4v) is 13.3. The van der Waals surface area contributed by atoms with Crippen LogP contribution in [0, 0.1) is 0 Å². The van der Waals surface area contributed by atoms with Crippen LogP contribution in [-0.4, -0.2) is 30.3 Å². The van der Waals surface area contributed by atoms with E-state index in [-0.39, 0.29) is 0 Å². The fourth-order valence-electron chi connectivity index (χ4n) is 8.55. The summed E-state index contributed by atoms with van der Waals surface area (Å²) in [7, 11) is -2.91. The monoisotopic (exact) mass is 704 g/mol. The second-order valence-electron chi connectivity index (χ2n) is 14.8. The summed E-state index contributed by atoms with van der Waals surface area (Å²) in [5.74, 6) is 1.36. The Morgan fingerprint density at radius 2 is 1.15 bits per heavy atom. The zero-order chi connectivity index (χ0) is 36.1. The van der Waals surface area contributed by atoms with Crippen LogP contribution < -0.4 is 30.5 Å². The lowest BCUT2D eigenvalue weighted by molar-refractivity contribution is 0.709. The van der Waals surface area contributed by atoms with E-state index >= 15 is 0 Å². The molecule has 0 radical (unpaired) electrons. The Morgan fingerprint density at radius 1 is 0.528 bits per heavy atom. The van der Waals surface area contributed by atoms with E-state index in [1.165, 1.54) is 65.2 Å². The van der Waals surface area contributed by atoms with Crippen LogP contribution in [0.1, 0.15) is 39.2 Å². The quantitative estimate of drug-likeness (QED) is 0.117. The summed E-state index contributed by atoms with van der Waals surface area (Å²) in [6.07, 6.45) is 1.96. The van der Waals surface area contributed by atoms with Crippen LogP contribution >= 0.6 is 0 Å². The van der Waals surface area contributed by atoms with Crippen molar-refractivity contribution in [2.45, 2.75) is 39.7 Å². The van der Waals surface area contributed by atoms with Crippen LogP contribution in [0.4, 0.5) is 17.1 Å². The first-order valence-electron chi connectivity index (χ1n) is 18.8. The largest absolute Gasteiger partial charge is 0.349 e. The molecule has 5 heteroatoms. The zero-order valence-electron chi connectivity index (χ0n) is 30.8. The van der Waals surface area contributed by atoms with Crippen LogP contribution in [0.15, 0.2) is 170 Å². The lowest BCUT2D eigenvalue weighted by atomic mass is 10.1. The van der Waals surface area contributed by atoms with Gasteiger partial charge in [-0.2, -0.15) is 0 Å². The molecule has 0 bridgehead atoms. The number of benzene rings is 6. The van der Waals surface area contributed by atoms with Gasteiger partial charge in [0, 0.05) is 28.7 Å². The van der Waals surface area contributed by atoms with Crippen molar-refractivity contribution >= 4 is 67.7 Å². The molecule has 53 heavy (non-hydrogen) atoms. The Hall–Kier alpha value is -5.91.